The van der Waals surface area contributed by atoms with E-state index < -0.39 is 5.41 Å². The maximum Gasteiger partial charge on any atom is 0.237 e. The van der Waals surface area contributed by atoms with Crippen molar-refractivity contribution in [2.24, 2.45) is 5.92 Å². The number of pyridine rings is 2. The number of carbonyl (C=O) groups is 2. The molecule has 0 bridgehead atoms. The van der Waals surface area contributed by atoms with Crippen molar-refractivity contribution in [1.29, 1.82) is 0 Å². The number of nitrogens with one attached hydrogen (secondary N) is 1. The quantitative estimate of drug-likeness (QED) is 0.350. The zero-order valence-corrected chi connectivity index (χ0v) is 20.7. The molecular weight excluding hydrogens is 458 g/mol. The lowest BCUT2D eigenvalue weighted by molar-refractivity contribution is -0.120. The molecule has 5 heteroatoms. The Morgan fingerprint density at radius 3 is 2.51 bits per heavy atom. The number of ketones is 1. The molecule has 7 rings (SSSR count). The summed E-state index contributed by atoms with van der Waals surface area (Å²) in [5, 5.41) is 3.99. The number of rotatable bonds is 4. The van der Waals surface area contributed by atoms with Gasteiger partial charge in [0.05, 0.1) is 10.9 Å². The van der Waals surface area contributed by atoms with Crippen molar-refractivity contribution in [2.75, 3.05) is 5.32 Å². The first kappa shape index (κ1) is 22.3. The van der Waals surface area contributed by atoms with E-state index in [1.165, 1.54) is 11.1 Å². The number of Topliss-reactive ketones (excluding diaryl/α,β-unsaturated/α-hetero) is 1. The van der Waals surface area contributed by atoms with E-state index in [9.17, 15) is 9.59 Å². The van der Waals surface area contributed by atoms with Crippen LogP contribution < -0.4 is 5.32 Å². The lowest BCUT2D eigenvalue weighted by atomic mass is 9.77. The molecule has 0 radical (unpaired) electrons. The molecule has 2 aliphatic carbocycles. The monoisotopic (exact) mass is 487 g/mol. The van der Waals surface area contributed by atoms with Gasteiger partial charge in [0.25, 0.3) is 0 Å². The lowest BCUT2D eigenvalue weighted by Gasteiger charge is -2.28. The maximum atomic E-state index is 13.2. The van der Waals surface area contributed by atoms with E-state index >= 15 is 0 Å². The van der Waals surface area contributed by atoms with Gasteiger partial charge < -0.3 is 5.32 Å². The fourth-order valence-corrected chi connectivity index (χ4v) is 6.84. The van der Waals surface area contributed by atoms with E-state index in [-0.39, 0.29) is 11.7 Å². The van der Waals surface area contributed by atoms with Crippen LogP contribution in [0.25, 0.3) is 10.9 Å². The molecule has 5 nitrogen and oxygen atoms in total. The summed E-state index contributed by atoms with van der Waals surface area (Å²) in [5.74, 6) is 1.87. The van der Waals surface area contributed by atoms with Crippen molar-refractivity contribution in [3.63, 3.8) is 0 Å². The van der Waals surface area contributed by atoms with Gasteiger partial charge in [0.1, 0.15) is 11.5 Å². The van der Waals surface area contributed by atoms with E-state index in [1.807, 2.05) is 24.3 Å². The third kappa shape index (κ3) is 3.76. The van der Waals surface area contributed by atoms with Crippen LogP contribution in [-0.2, 0) is 23.1 Å². The maximum absolute atomic E-state index is 13.2. The molecule has 3 aliphatic rings. The molecule has 1 N–H and O–H groups in total. The molecule has 0 saturated heterocycles. The van der Waals surface area contributed by atoms with Crippen molar-refractivity contribution in [3.05, 3.63) is 101 Å². The molecule has 1 atom stereocenters. The molecule has 1 amide bonds. The minimum absolute atomic E-state index is 0.0206. The molecule has 2 aromatic carbocycles. The molecule has 1 saturated carbocycles. The van der Waals surface area contributed by atoms with Crippen LogP contribution in [0.4, 0.5) is 5.82 Å². The Kier molecular flexibility index (Phi) is 5.20. The highest BCUT2D eigenvalue weighted by Gasteiger charge is 2.51. The van der Waals surface area contributed by atoms with Crippen LogP contribution in [0, 0.1) is 5.92 Å². The zero-order chi connectivity index (χ0) is 25.0. The van der Waals surface area contributed by atoms with Crippen molar-refractivity contribution < 1.29 is 9.59 Å². The molecule has 4 aromatic rings. The van der Waals surface area contributed by atoms with E-state index in [0.717, 1.165) is 47.7 Å². The van der Waals surface area contributed by atoms with Gasteiger partial charge in [-0.3, -0.25) is 9.59 Å². The van der Waals surface area contributed by atoms with Crippen molar-refractivity contribution >= 4 is 28.4 Å². The Balaban J connectivity index is 1.08. The number of hydrogen-bond acceptors (Lipinski definition) is 4. The first-order chi connectivity index (χ1) is 18.1. The molecule has 37 heavy (non-hydrogen) atoms. The second-order valence-electron chi connectivity index (χ2n) is 11.1. The van der Waals surface area contributed by atoms with Crippen molar-refractivity contribution in [3.8, 4) is 0 Å². The SMILES string of the molecule is O=C(CC1CCC(c2ccccc2)CC1)c1ccc2cc3c(cc2n1)CC1(C3)C(=O)Nc2ncccc21. The standard InChI is InChI=1S/C32H29N3O2/c36-29(15-20-8-10-22(11-9-20)21-5-2-1-3-6-21)27-13-12-23-16-24-18-32(19-25(24)17-28(23)34-27)26-7-4-14-33-30(26)35-31(32)37/h1-7,12-14,16-17,20,22H,8-11,15,18-19H2,(H,33,35,37). The highest BCUT2D eigenvalue weighted by atomic mass is 16.2. The molecule has 1 unspecified atom stereocenters. The Bertz CT molecular complexity index is 1540. The van der Waals surface area contributed by atoms with Crippen LogP contribution in [0.15, 0.2) is 72.9 Å². The summed E-state index contributed by atoms with van der Waals surface area (Å²) < 4.78 is 0. The van der Waals surface area contributed by atoms with Crippen LogP contribution in [0.5, 0.6) is 0 Å². The first-order valence-corrected chi connectivity index (χ1v) is 13.4. The number of benzene rings is 2. The van der Waals surface area contributed by atoms with E-state index in [1.54, 1.807) is 6.20 Å². The molecule has 1 fully saturated rings. The third-order valence-electron chi connectivity index (χ3n) is 8.86. The van der Waals surface area contributed by atoms with Crippen LogP contribution in [0.3, 0.4) is 0 Å². The molecular formula is C32H29N3O2. The van der Waals surface area contributed by atoms with Gasteiger partial charge >= 0.3 is 0 Å². The third-order valence-corrected chi connectivity index (χ3v) is 8.86. The van der Waals surface area contributed by atoms with Gasteiger partial charge in [-0.1, -0.05) is 42.5 Å². The van der Waals surface area contributed by atoms with Crippen LogP contribution in [-0.4, -0.2) is 21.7 Å². The average Bonchev–Trinajstić information content (AvgIpc) is 3.44. The van der Waals surface area contributed by atoms with E-state index in [4.69, 9.17) is 4.98 Å². The summed E-state index contributed by atoms with van der Waals surface area (Å²) in [5.41, 5.74) is 5.50. The Morgan fingerprint density at radius 1 is 0.919 bits per heavy atom. The van der Waals surface area contributed by atoms with Gasteiger partial charge in [0, 0.05) is 23.6 Å². The van der Waals surface area contributed by atoms with Gasteiger partial charge in [0.2, 0.25) is 5.91 Å². The summed E-state index contributed by atoms with van der Waals surface area (Å²) in [7, 11) is 0. The highest BCUT2D eigenvalue weighted by molar-refractivity contribution is 6.06. The number of aromatic nitrogens is 2. The lowest BCUT2D eigenvalue weighted by Crippen LogP contribution is -2.35. The minimum Gasteiger partial charge on any atom is -0.310 e. The van der Waals surface area contributed by atoms with Gasteiger partial charge in [-0.2, -0.15) is 0 Å². The normalized spacial score (nSPS) is 24.2. The van der Waals surface area contributed by atoms with E-state index in [2.05, 4.69) is 52.8 Å². The molecule has 1 aliphatic heterocycles. The number of carbonyl (C=O) groups excluding carboxylic acids is 2. The predicted molar refractivity (Wildman–Crippen MR) is 144 cm³/mol. The van der Waals surface area contributed by atoms with Gasteiger partial charge in [-0.15, -0.1) is 0 Å². The zero-order valence-electron chi connectivity index (χ0n) is 20.7. The fraction of sp³-hybridized carbons (Fsp3) is 0.312. The summed E-state index contributed by atoms with van der Waals surface area (Å²) in [4.78, 5) is 35.4. The molecule has 184 valence electrons. The minimum atomic E-state index is -0.597. The van der Waals surface area contributed by atoms with Crippen LogP contribution in [0.2, 0.25) is 0 Å². The van der Waals surface area contributed by atoms with Gasteiger partial charge in [-0.25, -0.2) is 9.97 Å². The molecule has 3 heterocycles. The number of amides is 1. The number of hydrogen-bond donors (Lipinski definition) is 1. The van der Waals surface area contributed by atoms with Crippen molar-refractivity contribution in [1.82, 2.24) is 9.97 Å². The number of fused-ring (bicyclic) bond motifs is 4. The Hall–Kier alpha value is -3.86. The Labute approximate surface area is 216 Å². The summed E-state index contributed by atoms with van der Waals surface area (Å²) in [6.07, 6.45) is 8.05. The van der Waals surface area contributed by atoms with E-state index in [0.29, 0.717) is 42.6 Å². The first-order valence-electron chi connectivity index (χ1n) is 13.4. The number of nitrogens with zero attached hydrogens (tertiary/aromatic N) is 2. The van der Waals surface area contributed by atoms with Gasteiger partial charge in [-0.05, 0) is 91.3 Å². The smallest absolute Gasteiger partial charge is 0.237 e. The summed E-state index contributed by atoms with van der Waals surface area (Å²) in [6.45, 7) is 0. The fourth-order valence-electron chi connectivity index (χ4n) is 6.84. The second kappa shape index (κ2) is 8.62. The topological polar surface area (TPSA) is 72.0 Å². The summed E-state index contributed by atoms with van der Waals surface area (Å²) in [6, 6.07) is 22.8. The highest BCUT2D eigenvalue weighted by Crippen LogP contribution is 2.47. The second-order valence-corrected chi connectivity index (χ2v) is 11.1. The molecule has 2 aromatic heterocycles. The molecule has 1 spiro atoms. The van der Waals surface area contributed by atoms with Crippen LogP contribution in [0.1, 0.15) is 70.8 Å². The van der Waals surface area contributed by atoms with Gasteiger partial charge in [0.15, 0.2) is 5.78 Å². The largest absolute Gasteiger partial charge is 0.310 e. The number of anilines is 1. The van der Waals surface area contributed by atoms with Crippen LogP contribution >= 0.6 is 0 Å². The Morgan fingerprint density at radius 2 is 1.70 bits per heavy atom. The average molecular weight is 488 g/mol. The predicted octanol–water partition coefficient (Wildman–Crippen LogP) is 6.17. The summed E-state index contributed by atoms with van der Waals surface area (Å²) >= 11 is 0. The van der Waals surface area contributed by atoms with Crippen molar-refractivity contribution in [2.45, 2.75) is 56.3 Å².